The van der Waals surface area contributed by atoms with Gasteiger partial charge in [-0.15, -0.1) is 0 Å². The summed E-state index contributed by atoms with van der Waals surface area (Å²) >= 11 is 6.24. The lowest BCUT2D eigenvalue weighted by atomic mass is 10.1. The summed E-state index contributed by atoms with van der Waals surface area (Å²) in [5.74, 6) is 0.303. The monoisotopic (exact) mass is 345 g/mol. The molecule has 126 valence electrons. The number of ether oxygens (including phenoxy) is 1. The minimum Gasteiger partial charge on any atom is -0.489 e. The number of amides is 1. The van der Waals surface area contributed by atoms with Crippen LogP contribution in [0.4, 0.5) is 5.69 Å². The molecular weight excluding hydrogens is 326 g/mol. The Bertz CT molecular complexity index is 744. The molecule has 2 aromatic carbocycles. The number of rotatable bonds is 5. The molecule has 0 atom stereocenters. The van der Waals surface area contributed by atoms with Crippen molar-refractivity contribution in [2.45, 2.75) is 33.8 Å². The summed E-state index contributed by atoms with van der Waals surface area (Å²) in [6, 6.07) is 10.1. The van der Waals surface area contributed by atoms with Gasteiger partial charge in [0, 0.05) is 16.8 Å². The zero-order valence-electron chi connectivity index (χ0n) is 14.1. The van der Waals surface area contributed by atoms with Crippen LogP contribution in [0.2, 0.25) is 5.02 Å². The van der Waals surface area contributed by atoms with Crippen molar-refractivity contribution < 1.29 is 14.3 Å². The number of benzene rings is 2. The molecule has 0 saturated heterocycles. The van der Waals surface area contributed by atoms with E-state index in [4.69, 9.17) is 16.3 Å². The number of hydrogen-bond donors (Lipinski definition) is 1. The molecular formula is C19H20ClNO3. The first-order valence-electron chi connectivity index (χ1n) is 7.67. The number of halogens is 1. The fourth-order valence-corrected chi connectivity index (χ4v) is 2.55. The molecule has 0 saturated carbocycles. The van der Waals surface area contributed by atoms with Gasteiger partial charge in [-0.1, -0.05) is 11.6 Å². The molecule has 0 aliphatic rings. The summed E-state index contributed by atoms with van der Waals surface area (Å²) < 4.78 is 5.67. The molecule has 0 aliphatic heterocycles. The van der Waals surface area contributed by atoms with Crippen LogP contribution in [0, 0.1) is 6.92 Å². The molecule has 0 aliphatic carbocycles. The zero-order chi connectivity index (χ0) is 17.9. The largest absolute Gasteiger partial charge is 0.489 e. The molecule has 1 N–H and O–H groups in total. The fraction of sp³-hybridized carbons (Fsp3) is 0.263. The zero-order valence-corrected chi connectivity index (χ0v) is 14.9. The highest BCUT2D eigenvalue weighted by molar-refractivity contribution is 6.32. The van der Waals surface area contributed by atoms with Gasteiger partial charge in [0.1, 0.15) is 5.75 Å². The van der Waals surface area contributed by atoms with Gasteiger partial charge in [0.2, 0.25) is 0 Å². The van der Waals surface area contributed by atoms with Crippen LogP contribution in [-0.2, 0) is 0 Å². The van der Waals surface area contributed by atoms with Gasteiger partial charge in [0.25, 0.3) is 5.91 Å². The van der Waals surface area contributed by atoms with Crippen molar-refractivity contribution in [1.29, 1.82) is 0 Å². The van der Waals surface area contributed by atoms with Crippen LogP contribution in [0.25, 0.3) is 0 Å². The van der Waals surface area contributed by atoms with Crippen molar-refractivity contribution in [3.05, 3.63) is 58.1 Å². The van der Waals surface area contributed by atoms with Crippen LogP contribution < -0.4 is 10.1 Å². The Hall–Kier alpha value is -2.33. The molecule has 4 nitrogen and oxygen atoms in total. The Morgan fingerprint density at radius 2 is 1.71 bits per heavy atom. The number of nitrogens with one attached hydrogen (secondary N) is 1. The molecule has 5 heteroatoms. The fourth-order valence-electron chi connectivity index (χ4n) is 2.24. The SMILES string of the molecule is CC(=O)c1ccc(NC(=O)c2cc(C)c(OC(C)C)c(Cl)c2)cc1. The quantitative estimate of drug-likeness (QED) is 0.785. The maximum Gasteiger partial charge on any atom is 0.255 e. The molecule has 24 heavy (non-hydrogen) atoms. The number of hydrogen-bond acceptors (Lipinski definition) is 3. The smallest absolute Gasteiger partial charge is 0.255 e. The van der Waals surface area contributed by atoms with E-state index in [1.165, 1.54) is 6.92 Å². The average molecular weight is 346 g/mol. The predicted molar refractivity (Wildman–Crippen MR) is 96.4 cm³/mol. The van der Waals surface area contributed by atoms with Crippen LogP contribution >= 0.6 is 11.6 Å². The third kappa shape index (κ3) is 4.36. The number of anilines is 1. The summed E-state index contributed by atoms with van der Waals surface area (Å²) in [5, 5.41) is 3.19. The van der Waals surface area contributed by atoms with Gasteiger partial charge in [-0.05, 0) is 69.7 Å². The number of carbonyl (C=O) groups excluding carboxylic acids is 2. The molecule has 2 aromatic rings. The first kappa shape index (κ1) is 18.0. The third-order valence-electron chi connectivity index (χ3n) is 3.39. The van der Waals surface area contributed by atoms with E-state index in [2.05, 4.69) is 5.32 Å². The minimum absolute atomic E-state index is 0.000618. The van der Waals surface area contributed by atoms with Gasteiger partial charge < -0.3 is 10.1 Å². The van der Waals surface area contributed by atoms with E-state index >= 15 is 0 Å². The van der Waals surface area contributed by atoms with Gasteiger partial charge in [0.05, 0.1) is 11.1 Å². The molecule has 0 bridgehead atoms. The Labute approximate surface area is 146 Å². The Morgan fingerprint density at radius 3 is 2.21 bits per heavy atom. The van der Waals surface area contributed by atoms with Gasteiger partial charge >= 0.3 is 0 Å². The van der Waals surface area contributed by atoms with Gasteiger partial charge in [-0.3, -0.25) is 9.59 Å². The second kappa shape index (κ2) is 7.49. The predicted octanol–water partition coefficient (Wildman–Crippen LogP) is 4.89. The van der Waals surface area contributed by atoms with E-state index in [9.17, 15) is 9.59 Å². The molecule has 0 spiro atoms. The lowest BCUT2D eigenvalue weighted by molar-refractivity contribution is 0.101. The average Bonchev–Trinajstić information content (AvgIpc) is 2.51. The maximum atomic E-state index is 12.4. The van der Waals surface area contributed by atoms with Crippen molar-refractivity contribution in [1.82, 2.24) is 0 Å². The van der Waals surface area contributed by atoms with Crippen molar-refractivity contribution in [3.63, 3.8) is 0 Å². The van der Waals surface area contributed by atoms with Crippen LogP contribution in [-0.4, -0.2) is 17.8 Å². The Kier molecular flexibility index (Phi) is 5.62. The summed E-state index contributed by atoms with van der Waals surface area (Å²) in [7, 11) is 0. The van der Waals surface area contributed by atoms with Gasteiger partial charge in [-0.2, -0.15) is 0 Å². The summed E-state index contributed by atoms with van der Waals surface area (Å²) in [5.41, 5.74) is 2.46. The molecule has 1 amide bonds. The third-order valence-corrected chi connectivity index (χ3v) is 3.68. The topological polar surface area (TPSA) is 55.4 Å². The molecule has 2 rings (SSSR count). The molecule has 0 unspecified atom stereocenters. The lowest BCUT2D eigenvalue weighted by Crippen LogP contribution is -2.13. The van der Waals surface area contributed by atoms with Crippen LogP contribution in [0.1, 0.15) is 47.1 Å². The second-order valence-electron chi connectivity index (χ2n) is 5.86. The molecule has 0 aromatic heterocycles. The van der Waals surface area contributed by atoms with Gasteiger partial charge in [0.15, 0.2) is 5.78 Å². The summed E-state index contributed by atoms with van der Waals surface area (Å²) in [4.78, 5) is 23.7. The lowest BCUT2D eigenvalue weighted by Gasteiger charge is -2.15. The van der Waals surface area contributed by atoms with Crippen LogP contribution in [0.15, 0.2) is 36.4 Å². The first-order valence-corrected chi connectivity index (χ1v) is 8.05. The second-order valence-corrected chi connectivity index (χ2v) is 6.27. The normalized spacial score (nSPS) is 10.6. The Balaban J connectivity index is 2.19. The van der Waals surface area contributed by atoms with Crippen molar-refractivity contribution in [2.75, 3.05) is 5.32 Å². The number of aryl methyl sites for hydroxylation is 1. The van der Waals surface area contributed by atoms with E-state index in [-0.39, 0.29) is 17.8 Å². The van der Waals surface area contributed by atoms with Crippen molar-refractivity contribution in [3.8, 4) is 5.75 Å². The molecule has 0 radical (unpaired) electrons. The standard InChI is InChI=1S/C19H20ClNO3/c1-11(2)24-18-12(3)9-15(10-17(18)20)19(23)21-16-7-5-14(6-8-16)13(4)22/h5-11H,1-4H3,(H,21,23). The maximum absolute atomic E-state index is 12.4. The van der Waals surface area contributed by atoms with Crippen molar-refractivity contribution >= 4 is 29.0 Å². The number of ketones is 1. The highest BCUT2D eigenvalue weighted by Crippen LogP contribution is 2.31. The minimum atomic E-state index is -0.272. The summed E-state index contributed by atoms with van der Waals surface area (Å²) in [6.45, 7) is 7.18. The first-order chi connectivity index (χ1) is 11.3. The van der Waals surface area contributed by atoms with Crippen LogP contribution in [0.5, 0.6) is 5.75 Å². The van der Waals surface area contributed by atoms with Crippen LogP contribution in [0.3, 0.4) is 0 Å². The van der Waals surface area contributed by atoms with E-state index in [0.29, 0.717) is 27.6 Å². The van der Waals surface area contributed by atoms with E-state index in [1.807, 2.05) is 20.8 Å². The Morgan fingerprint density at radius 1 is 1.08 bits per heavy atom. The number of Topliss-reactive ketones (excluding diaryl/α,β-unsaturated/α-hetero) is 1. The molecule has 0 fully saturated rings. The van der Waals surface area contributed by atoms with E-state index in [1.54, 1.807) is 36.4 Å². The number of carbonyl (C=O) groups is 2. The summed E-state index contributed by atoms with van der Waals surface area (Å²) in [6.07, 6.45) is 0.000618. The highest BCUT2D eigenvalue weighted by atomic mass is 35.5. The van der Waals surface area contributed by atoms with E-state index < -0.39 is 0 Å². The van der Waals surface area contributed by atoms with Gasteiger partial charge in [-0.25, -0.2) is 0 Å². The molecule has 0 heterocycles. The highest BCUT2D eigenvalue weighted by Gasteiger charge is 2.14. The van der Waals surface area contributed by atoms with E-state index in [0.717, 1.165) is 5.56 Å². The van der Waals surface area contributed by atoms with Crippen molar-refractivity contribution in [2.24, 2.45) is 0 Å².